The molecule has 0 radical (unpaired) electrons. The quantitative estimate of drug-likeness (QED) is 0.655. The molecule has 3 fully saturated rings. The van der Waals surface area contributed by atoms with Crippen molar-refractivity contribution < 1.29 is 14.1 Å². The van der Waals surface area contributed by atoms with Crippen LogP contribution in [0.1, 0.15) is 57.5 Å². The Bertz CT molecular complexity index is 1070. The standard InChI is InChI=1S/C26H36N6O3/c1-17-8-10-21(11-9-17)22-27-23(35-29-22)20(4)31-14-12-30(13-15-31)16-32-24(33)26(28-25(32)34)18(2)6-5-7-19(26)3/h8-11,18-20H,5-7,12-16H2,1-4H3,(H,28,34)/t18-,19+,20-,26?/m1/s1. The van der Waals surface area contributed by atoms with Crippen LogP contribution in [-0.2, 0) is 4.79 Å². The van der Waals surface area contributed by atoms with Crippen molar-refractivity contribution in [3.8, 4) is 11.4 Å². The number of hydrogen-bond donors (Lipinski definition) is 1. The molecule has 4 atom stereocenters. The van der Waals surface area contributed by atoms with Gasteiger partial charge in [0, 0.05) is 31.7 Å². The van der Waals surface area contributed by atoms with E-state index in [-0.39, 0.29) is 29.8 Å². The van der Waals surface area contributed by atoms with E-state index in [1.54, 1.807) is 0 Å². The summed E-state index contributed by atoms with van der Waals surface area (Å²) in [4.78, 5) is 36.9. The molecule has 3 amide bonds. The minimum absolute atomic E-state index is 0.00669. The van der Waals surface area contributed by atoms with Crippen LogP contribution in [0.4, 0.5) is 4.79 Å². The minimum atomic E-state index is -0.737. The number of hydrogen-bond acceptors (Lipinski definition) is 7. The predicted octanol–water partition coefficient (Wildman–Crippen LogP) is 3.43. The average Bonchev–Trinajstić information content (AvgIpc) is 3.43. The number of urea groups is 1. The van der Waals surface area contributed by atoms with Crippen LogP contribution in [0.15, 0.2) is 28.8 Å². The highest BCUT2D eigenvalue weighted by Crippen LogP contribution is 2.42. The number of nitrogens with zero attached hydrogens (tertiary/aromatic N) is 5. The number of aryl methyl sites for hydroxylation is 1. The van der Waals surface area contributed by atoms with Gasteiger partial charge in [0.1, 0.15) is 5.54 Å². The van der Waals surface area contributed by atoms with Gasteiger partial charge in [0.05, 0.1) is 12.7 Å². The van der Waals surface area contributed by atoms with Crippen molar-refractivity contribution in [2.45, 2.75) is 58.5 Å². The summed E-state index contributed by atoms with van der Waals surface area (Å²) in [5, 5.41) is 7.27. The molecule has 35 heavy (non-hydrogen) atoms. The van der Waals surface area contributed by atoms with E-state index in [0.29, 0.717) is 18.4 Å². The number of amides is 3. The Morgan fingerprint density at radius 1 is 1.09 bits per heavy atom. The Morgan fingerprint density at radius 3 is 2.40 bits per heavy atom. The predicted molar refractivity (Wildman–Crippen MR) is 131 cm³/mol. The number of imide groups is 1. The Labute approximate surface area is 206 Å². The fourth-order valence-electron chi connectivity index (χ4n) is 5.95. The summed E-state index contributed by atoms with van der Waals surface area (Å²) < 4.78 is 5.59. The maximum atomic E-state index is 13.5. The number of rotatable bonds is 5. The van der Waals surface area contributed by atoms with Gasteiger partial charge in [-0.2, -0.15) is 4.98 Å². The number of carbonyl (C=O) groups is 2. The third kappa shape index (κ3) is 4.25. The number of piperazine rings is 1. The fraction of sp³-hybridized carbons (Fsp3) is 0.615. The molecule has 0 bridgehead atoms. The zero-order valence-corrected chi connectivity index (χ0v) is 21.2. The van der Waals surface area contributed by atoms with Crippen LogP contribution >= 0.6 is 0 Å². The van der Waals surface area contributed by atoms with Gasteiger partial charge < -0.3 is 9.84 Å². The number of carbonyl (C=O) groups excluding carboxylic acids is 2. The monoisotopic (exact) mass is 480 g/mol. The summed E-state index contributed by atoms with van der Waals surface area (Å²) in [6.45, 7) is 11.8. The minimum Gasteiger partial charge on any atom is -0.337 e. The molecule has 2 aliphatic heterocycles. The lowest BCUT2D eigenvalue weighted by Gasteiger charge is -2.42. The molecule has 2 saturated heterocycles. The van der Waals surface area contributed by atoms with Crippen LogP contribution in [0.2, 0.25) is 0 Å². The molecule has 9 heteroatoms. The zero-order chi connectivity index (χ0) is 24.7. The zero-order valence-electron chi connectivity index (χ0n) is 21.2. The van der Waals surface area contributed by atoms with Gasteiger partial charge in [-0.25, -0.2) is 9.69 Å². The van der Waals surface area contributed by atoms with Crippen molar-refractivity contribution in [2.75, 3.05) is 32.8 Å². The topological polar surface area (TPSA) is 94.8 Å². The maximum Gasteiger partial charge on any atom is 0.326 e. The molecule has 1 N–H and O–H groups in total. The van der Waals surface area contributed by atoms with Crippen LogP contribution in [0.5, 0.6) is 0 Å². The van der Waals surface area contributed by atoms with E-state index in [1.807, 2.05) is 31.2 Å². The van der Waals surface area contributed by atoms with Gasteiger partial charge in [0.15, 0.2) is 0 Å². The average molecular weight is 481 g/mol. The smallest absolute Gasteiger partial charge is 0.326 e. The highest BCUT2D eigenvalue weighted by atomic mass is 16.5. The van der Waals surface area contributed by atoms with Gasteiger partial charge in [-0.15, -0.1) is 0 Å². The molecule has 9 nitrogen and oxygen atoms in total. The molecule has 1 aromatic heterocycles. The van der Waals surface area contributed by atoms with Gasteiger partial charge in [0.2, 0.25) is 11.7 Å². The summed E-state index contributed by atoms with van der Waals surface area (Å²) in [7, 11) is 0. The Hall–Kier alpha value is -2.78. The molecule has 1 spiro atoms. The van der Waals surface area contributed by atoms with Crippen molar-refractivity contribution in [3.05, 3.63) is 35.7 Å². The molecular weight excluding hydrogens is 444 g/mol. The third-order valence-electron chi connectivity index (χ3n) is 8.39. The van der Waals surface area contributed by atoms with Crippen molar-refractivity contribution in [3.63, 3.8) is 0 Å². The van der Waals surface area contributed by atoms with Crippen LogP contribution in [0.3, 0.4) is 0 Å². The first-order valence-corrected chi connectivity index (χ1v) is 12.8. The molecule has 1 unspecified atom stereocenters. The van der Waals surface area contributed by atoms with Crippen LogP contribution in [-0.4, -0.2) is 75.2 Å². The largest absolute Gasteiger partial charge is 0.337 e. The lowest BCUT2D eigenvalue weighted by atomic mass is 9.67. The SMILES string of the molecule is Cc1ccc(-c2noc([C@@H](C)N3CCN(CN4C(=O)NC5(C4=O)[C@H](C)CCC[C@@H]5C)CC3)n2)cc1. The highest BCUT2D eigenvalue weighted by molar-refractivity contribution is 6.07. The van der Waals surface area contributed by atoms with Gasteiger partial charge in [-0.3, -0.25) is 14.6 Å². The fourth-order valence-corrected chi connectivity index (χ4v) is 5.95. The molecule has 1 aromatic carbocycles. The number of aromatic nitrogens is 2. The third-order valence-corrected chi connectivity index (χ3v) is 8.39. The van der Waals surface area contributed by atoms with Crippen LogP contribution < -0.4 is 5.32 Å². The molecule has 3 aliphatic rings. The van der Waals surface area contributed by atoms with E-state index >= 15 is 0 Å². The van der Waals surface area contributed by atoms with Crippen molar-refractivity contribution in [1.82, 2.24) is 30.2 Å². The summed E-state index contributed by atoms with van der Waals surface area (Å²) in [6, 6.07) is 7.83. The second kappa shape index (κ2) is 9.35. The Kier molecular flexibility index (Phi) is 6.40. The molecule has 188 valence electrons. The lowest BCUT2D eigenvalue weighted by molar-refractivity contribution is -0.138. The summed E-state index contributed by atoms with van der Waals surface area (Å²) >= 11 is 0. The van der Waals surface area contributed by atoms with Crippen molar-refractivity contribution in [2.24, 2.45) is 11.8 Å². The van der Waals surface area contributed by atoms with Gasteiger partial charge >= 0.3 is 6.03 Å². The molecule has 5 rings (SSSR count). The Balaban J connectivity index is 1.18. The maximum absolute atomic E-state index is 13.5. The van der Waals surface area contributed by atoms with E-state index in [4.69, 9.17) is 4.52 Å². The lowest BCUT2D eigenvalue weighted by Crippen LogP contribution is -2.59. The highest BCUT2D eigenvalue weighted by Gasteiger charge is 2.58. The molecular formula is C26H36N6O3. The van der Waals surface area contributed by atoms with E-state index in [9.17, 15) is 9.59 Å². The second-order valence-corrected chi connectivity index (χ2v) is 10.6. The summed E-state index contributed by atoms with van der Waals surface area (Å²) in [5.74, 6) is 1.47. The van der Waals surface area contributed by atoms with Crippen LogP contribution in [0.25, 0.3) is 11.4 Å². The van der Waals surface area contributed by atoms with Gasteiger partial charge in [0.25, 0.3) is 5.91 Å². The second-order valence-electron chi connectivity index (χ2n) is 10.6. The van der Waals surface area contributed by atoms with Crippen LogP contribution in [0, 0.1) is 18.8 Å². The summed E-state index contributed by atoms with van der Waals surface area (Å²) in [5.41, 5.74) is 1.39. The number of benzene rings is 1. The van der Waals surface area contributed by atoms with Gasteiger partial charge in [-0.1, -0.05) is 55.3 Å². The first-order chi connectivity index (χ1) is 16.8. The molecule has 3 heterocycles. The first-order valence-electron chi connectivity index (χ1n) is 12.8. The first kappa shape index (κ1) is 23.9. The van der Waals surface area contributed by atoms with E-state index in [0.717, 1.165) is 51.0 Å². The van der Waals surface area contributed by atoms with Gasteiger partial charge in [-0.05, 0) is 38.5 Å². The van der Waals surface area contributed by atoms with Crippen molar-refractivity contribution >= 4 is 11.9 Å². The van der Waals surface area contributed by atoms with E-state index in [2.05, 4.69) is 46.0 Å². The Morgan fingerprint density at radius 2 is 1.74 bits per heavy atom. The molecule has 1 aliphatic carbocycles. The van der Waals surface area contributed by atoms with Crippen molar-refractivity contribution in [1.29, 1.82) is 0 Å². The normalized spacial score (nSPS) is 29.1. The number of nitrogens with one attached hydrogen (secondary N) is 1. The molecule has 2 aromatic rings. The summed E-state index contributed by atoms with van der Waals surface area (Å²) in [6.07, 6.45) is 3.06. The van der Waals surface area contributed by atoms with E-state index < -0.39 is 5.54 Å². The molecule has 1 saturated carbocycles. The van der Waals surface area contributed by atoms with E-state index in [1.165, 1.54) is 10.5 Å².